The summed E-state index contributed by atoms with van der Waals surface area (Å²) in [5.74, 6) is 0.490. The SMILES string of the molecule is CN.O=C(Nc1cnccc1Cl)c1ccc(CCCCCl)cc1. The molecule has 2 rings (SSSR count). The van der Waals surface area contributed by atoms with Crippen LogP contribution in [0, 0.1) is 0 Å². The van der Waals surface area contributed by atoms with Crippen molar-refractivity contribution in [3.8, 4) is 0 Å². The number of anilines is 1. The summed E-state index contributed by atoms with van der Waals surface area (Å²) >= 11 is 11.6. The van der Waals surface area contributed by atoms with E-state index in [-0.39, 0.29) is 5.91 Å². The van der Waals surface area contributed by atoms with Gasteiger partial charge in [-0.3, -0.25) is 9.78 Å². The Kier molecular flexibility index (Phi) is 9.29. The second-order valence-corrected chi connectivity index (χ2v) is 5.44. The number of rotatable bonds is 6. The molecular formula is C17H21Cl2N3O. The molecule has 4 nitrogen and oxygen atoms in total. The Bertz CT molecular complexity index is 603. The Hall–Kier alpha value is -1.62. The van der Waals surface area contributed by atoms with Crippen molar-refractivity contribution in [2.45, 2.75) is 19.3 Å². The number of nitrogens with one attached hydrogen (secondary N) is 1. The van der Waals surface area contributed by atoms with Crippen LogP contribution in [0.3, 0.4) is 0 Å². The van der Waals surface area contributed by atoms with E-state index in [2.05, 4.69) is 16.0 Å². The van der Waals surface area contributed by atoms with Gasteiger partial charge in [0.25, 0.3) is 5.91 Å². The molecular weight excluding hydrogens is 333 g/mol. The van der Waals surface area contributed by atoms with Gasteiger partial charge < -0.3 is 11.1 Å². The molecule has 0 aliphatic rings. The van der Waals surface area contributed by atoms with Crippen LogP contribution in [0.25, 0.3) is 0 Å². The number of carbonyl (C=O) groups is 1. The van der Waals surface area contributed by atoms with E-state index in [0.717, 1.165) is 19.3 Å². The number of benzene rings is 1. The first kappa shape index (κ1) is 19.4. The van der Waals surface area contributed by atoms with E-state index in [4.69, 9.17) is 23.2 Å². The molecule has 0 atom stereocenters. The van der Waals surface area contributed by atoms with E-state index in [0.29, 0.717) is 22.2 Å². The van der Waals surface area contributed by atoms with Crippen LogP contribution in [-0.4, -0.2) is 23.8 Å². The highest BCUT2D eigenvalue weighted by Crippen LogP contribution is 2.20. The van der Waals surface area contributed by atoms with E-state index in [1.807, 2.05) is 24.3 Å². The number of aromatic nitrogens is 1. The lowest BCUT2D eigenvalue weighted by Crippen LogP contribution is -2.12. The molecule has 1 aromatic carbocycles. The lowest BCUT2D eigenvalue weighted by molar-refractivity contribution is 0.102. The Labute approximate surface area is 147 Å². The predicted octanol–water partition coefficient (Wildman–Crippen LogP) is 4.12. The van der Waals surface area contributed by atoms with Crippen LogP contribution >= 0.6 is 23.2 Å². The number of pyridine rings is 1. The number of carbonyl (C=O) groups excluding carboxylic acids is 1. The van der Waals surface area contributed by atoms with Crippen LogP contribution in [0.1, 0.15) is 28.8 Å². The molecule has 0 fully saturated rings. The number of nitrogens with zero attached hydrogens (tertiary/aromatic N) is 1. The monoisotopic (exact) mass is 353 g/mol. The van der Waals surface area contributed by atoms with Gasteiger partial charge in [-0.15, -0.1) is 11.6 Å². The Balaban J connectivity index is 0.00000127. The standard InChI is InChI=1S/C16H16Cl2N2O.CH5N/c17-9-2-1-3-12-4-6-13(7-5-12)16(21)20-15-11-19-10-8-14(15)18;1-2/h4-8,10-11H,1-3,9H2,(H,20,21);2H2,1H3. The highest BCUT2D eigenvalue weighted by atomic mass is 35.5. The smallest absolute Gasteiger partial charge is 0.255 e. The molecule has 0 spiro atoms. The summed E-state index contributed by atoms with van der Waals surface area (Å²) < 4.78 is 0. The summed E-state index contributed by atoms with van der Waals surface area (Å²) in [6.45, 7) is 0. The fourth-order valence-electron chi connectivity index (χ4n) is 1.91. The van der Waals surface area contributed by atoms with Gasteiger partial charge in [-0.05, 0) is 50.1 Å². The number of hydrogen-bond donors (Lipinski definition) is 2. The molecule has 1 aromatic heterocycles. The minimum atomic E-state index is -0.197. The quantitative estimate of drug-likeness (QED) is 0.606. The Morgan fingerprint density at radius 2 is 1.87 bits per heavy atom. The maximum absolute atomic E-state index is 12.1. The molecule has 0 aliphatic carbocycles. The van der Waals surface area contributed by atoms with Crippen LogP contribution in [-0.2, 0) is 6.42 Å². The highest BCUT2D eigenvalue weighted by Gasteiger charge is 2.08. The largest absolute Gasteiger partial charge is 0.333 e. The summed E-state index contributed by atoms with van der Waals surface area (Å²) in [6.07, 6.45) is 6.14. The molecule has 23 heavy (non-hydrogen) atoms. The summed E-state index contributed by atoms with van der Waals surface area (Å²) in [7, 11) is 1.50. The molecule has 0 unspecified atom stereocenters. The lowest BCUT2D eigenvalue weighted by Gasteiger charge is -2.07. The maximum atomic E-state index is 12.1. The number of unbranched alkanes of at least 4 members (excludes halogenated alkanes) is 1. The number of hydrogen-bond acceptors (Lipinski definition) is 3. The third-order valence-electron chi connectivity index (χ3n) is 3.08. The van der Waals surface area contributed by atoms with Crippen LogP contribution < -0.4 is 11.1 Å². The molecule has 3 N–H and O–H groups in total. The second-order valence-electron chi connectivity index (χ2n) is 4.65. The minimum absolute atomic E-state index is 0.197. The number of alkyl halides is 1. The lowest BCUT2D eigenvalue weighted by atomic mass is 10.1. The van der Waals surface area contributed by atoms with Crippen molar-refractivity contribution in [3.63, 3.8) is 0 Å². The van der Waals surface area contributed by atoms with E-state index in [9.17, 15) is 4.79 Å². The van der Waals surface area contributed by atoms with Crippen molar-refractivity contribution in [2.24, 2.45) is 5.73 Å². The number of nitrogens with two attached hydrogens (primary N) is 1. The van der Waals surface area contributed by atoms with Crippen LogP contribution in [0.5, 0.6) is 0 Å². The van der Waals surface area contributed by atoms with Crippen LogP contribution in [0.2, 0.25) is 5.02 Å². The zero-order chi connectivity index (χ0) is 17.1. The molecule has 2 aromatic rings. The van der Waals surface area contributed by atoms with Gasteiger partial charge in [-0.25, -0.2) is 0 Å². The number of amides is 1. The van der Waals surface area contributed by atoms with E-state index >= 15 is 0 Å². The van der Waals surface area contributed by atoms with Gasteiger partial charge in [0.1, 0.15) is 0 Å². The zero-order valence-corrected chi connectivity index (χ0v) is 14.6. The van der Waals surface area contributed by atoms with Crippen LogP contribution in [0.15, 0.2) is 42.7 Å². The second kappa shape index (κ2) is 11.0. The summed E-state index contributed by atoms with van der Waals surface area (Å²) in [4.78, 5) is 16.1. The first-order chi connectivity index (χ1) is 11.2. The molecule has 1 amide bonds. The van der Waals surface area contributed by atoms with E-state index in [1.54, 1.807) is 12.3 Å². The molecule has 0 aliphatic heterocycles. The molecule has 0 bridgehead atoms. The summed E-state index contributed by atoms with van der Waals surface area (Å²) in [5, 5.41) is 3.22. The van der Waals surface area contributed by atoms with Crippen molar-refractivity contribution in [1.82, 2.24) is 4.98 Å². The highest BCUT2D eigenvalue weighted by molar-refractivity contribution is 6.33. The van der Waals surface area contributed by atoms with Gasteiger partial charge in [-0.1, -0.05) is 23.7 Å². The normalized spacial score (nSPS) is 9.74. The molecule has 0 saturated carbocycles. The van der Waals surface area contributed by atoms with Crippen LogP contribution in [0.4, 0.5) is 5.69 Å². The Morgan fingerprint density at radius 1 is 1.17 bits per heavy atom. The van der Waals surface area contributed by atoms with Crippen molar-refractivity contribution in [3.05, 3.63) is 58.9 Å². The third kappa shape index (κ3) is 6.57. The van der Waals surface area contributed by atoms with Crippen molar-refractivity contribution >= 4 is 34.8 Å². The van der Waals surface area contributed by atoms with Gasteiger partial charge in [0.2, 0.25) is 0 Å². The molecule has 124 valence electrons. The average Bonchev–Trinajstić information content (AvgIpc) is 2.59. The molecule has 0 radical (unpaired) electrons. The van der Waals surface area contributed by atoms with Gasteiger partial charge in [0.15, 0.2) is 0 Å². The fourth-order valence-corrected chi connectivity index (χ4v) is 2.25. The molecule has 1 heterocycles. The zero-order valence-electron chi connectivity index (χ0n) is 13.1. The number of aryl methyl sites for hydroxylation is 1. The first-order valence-electron chi connectivity index (χ1n) is 7.34. The predicted molar refractivity (Wildman–Crippen MR) is 97.4 cm³/mol. The summed E-state index contributed by atoms with van der Waals surface area (Å²) in [5.41, 5.74) is 6.81. The first-order valence-corrected chi connectivity index (χ1v) is 8.25. The van der Waals surface area contributed by atoms with Crippen molar-refractivity contribution in [2.75, 3.05) is 18.2 Å². The van der Waals surface area contributed by atoms with Crippen molar-refractivity contribution < 1.29 is 4.79 Å². The maximum Gasteiger partial charge on any atom is 0.255 e. The average molecular weight is 354 g/mol. The van der Waals surface area contributed by atoms with E-state index < -0.39 is 0 Å². The third-order valence-corrected chi connectivity index (χ3v) is 3.68. The summed E-state index contributed by atoms with van der Waals surface area (Å²) in [6, 6.07) is 9.20. The minimum Gasteiger partial charge on any atom is -0.333 e. The Morgan fingerprint density at radius 3 is 2.48 bits per heavy atom. The fraction of sp³-hybridized carbons (Fsp3) is 0.294. The van der Waals surface area contributed by atoms with Gasteiger partial charge in [0.05, 0.1) is 16.9 Å². The molecule has 0 saturated heterocycles. The van der Waals surface area contributed by atoms with E-state index in [1.165, 1.54) is 18.8 Å². The number of halogens is 2. The van der Waals surface area contributed by atoms with Crippen molar-refractivity contribution in [1.29, 1.82) is 0 Å². The topological polar surface area (TPSA) is 68.0 Å². The van der Waals surface area contributed by atoms with Gasteiger partial charge in [0, 0.05) is 17.6 Å². The molecule has 6 heteroatoms. The van der Waals surface area contributed by atoms with Gasteiger partial charge >= 0.3 is 0 Å². The van der Waals surface area contributed by atoms with Gasteiger partial charge in [-0.2, -0.15) is 0 Å².